The first-order valence-electron chi connectivity index (χ1n) is 6.67. The van der Waals surface area contributed by atoms with Crippen LogP contribution in [0.15, 0.2) is 11.4 Å². The molecule has 1 aromatic heterocycles. The van der Waals surface area contributed by atoms with Crippen LogP contribution in [0.2, 0.25) is 0 Å². The van der Waals surface area contributed by atoms with Crippen LogP contribution in [-0.2, 0) is 6.42 Å². The van der Waals surface area contributed by atoms with Gasteiger partial charge in [-0.15, -0.1) is 11.3 Å². The van der Waals surface area contributed by atoms with Crippen molar-refractivity contribution in [3.8, 4) is 11.3 Å². The maximum absolute atomic E-state index is 8.89. The summed E-state index contributed by atoms with van der Waals surface area (Å²) in [7, 11) is 0. The molecule has 0 aliphatic rings. The highest BCUT2D eigenvalue weighted by Gasteiger charge is 2.13. The second-order valence-corrected chi connectivity index (χ2v) is 6.03. The van der Waals surface area contributed by atoms with Crippen molar-refractivity contribution in [3.63, 3.8) is 0 Å². The SMILES string of the molecule is Cc1cc(C)c(C)c(-c2csc(CCCO)n2)c1C. The van der Waals surface area contributed by atoms with Gasteiger partial charge in [0.15, 0.2) is 0 Å². The van der Waals surface area contributed by atoms with Crippen LogP contribution in [0.1, 0.15) is 33.7 Å². The molecule has 0 amide bonds. The average Bonchev–Trinajstić information content (AvgIpc) is 2.83. The first kappa shape index (κ1) is 14.2. The van der Waals surface area contributed by atoms with E-state index in [1.54, 1.807) is 11.3 Å². The molecule has 0 atom stereocenters. The van der Waals surface area contributed by atoms with E-state index in [2.05, 4.69) is 39.1 Å². The third-order valence-corrected chi connectivity index (χ3v) is 4.63. The van der Waals surface area contributed by atoms with Crippen LogP contribution in [0, 0.1) is 27.7 Å². The van der Waals surface area contributed by atoms with Crippen LogP contribution < -0.4 is 0 Å². The number of thiazole rings is 1. The fourth-order valence-corrected chi connectivity index (χ4v) is 3.20. The Balaban J connectivity index is 2.44. The quantitative estimate of drug-likeness (QED) is 0.916. The van der Waals surface area contributed by atoms with Crippen molar-refractivity contribution in [2.45, 2.75) is 40.5 Å². The molecule has 0 fully saturated rings. The van der Waals surface area contributed by atoms with Crippen LogP contribution in [0.5, 0.6) is 0 Å². The molecule has 0 bridgehead atoms. The number of nitrogens with zero attached hydrogens (tertiary/aromatic N) is 1. The summed E-state index contributed by atoms with van der Waals surface area (Å²) in [6.07, 6.45) is 1.65. The fraction of sp³-hybridized carbons (Fsp3) is 0.438. The van der Waals surface area contributed by atoms with Crippen LogP contribution in [0.25, 0.3) is 11.3 Å². The molecular formula is C16H21NOS. The van der Waals surface area contributed by atoms with E-state index in [4.69, 9.17) is 10.1 Å². The van der Waals surface area contributed by atoms with Crippen molar-refractivity contribution in [3.05, 3.63) is 38.7 Å². The van der Waals surface area contributed by atoms with Crippen molar-refractivity contribution in [1.82, 2.24) is 4.98 Å². The Morgan fingerprint density at radius 2 is 1.74 bits per heavy atom. The van der Waals surface area contributed by atoms with Gasteiger partial charge in [-0.1, -0.05) is 6.07 Å². The molecule has 1 aromatic carbocycles. The Labute approximate surface area is 119 Å². The molecule has 3 heteroatoms. The first-order chi connectivity index (χ1) is 9.04. The molecule has 2 rings (SSSR count). The topological polar surface area (TPSA) is 33.1 Å². The largest absolute Gasteiger partial charge is 0.396 e. The van der Waals surface area contributed by atoms with Crippen LogP contribution in [-0.4, -0.2) is 16.7 Å². The summed E-state index contributed by atoms with van der Waals surface area (Å²) < 4.78 is 0. The summed E-state index contributed by atoms with van der Waals surface area (Å²) in [5.41, 5.74) is 7.65. The van der Waals surface area contributed by atoms with Crippen molar-refractivity contribution in [2.24, 2.45) is 0 Å². The molecule has 0 saturated carbocycles. The van der Waals surface area contributed by atoms with Crippen molar-refractivity contribution < 1.29 is 5.11 Å². The molecular weight excluding hydrogens is 254 g/mol. The zero-order valence-electron chi connectivity index (χ0n) is 12.1. The van der Waals surface area contributed by atoms with E-state index in [9.17, 15) is 0 Å². The first-order valence-corrected chi connectivity index (χ1v) is 7.55. The molecule has 0 saturated heterocycles. The smallest absolute Gasteiger partial charge is 0.0933 e. The van der Waals surface area contributed by atoms with E-state index in [0.717, 1.165) is 23.5 Å². The lowest BCUT2D eigenvalue weighted by atomic mass is 9.93. The van der Waals surface area contributed by atoms with E-state index in [1.165, 1.54) is 27.8 Å². The van der Waals surface area contributed by atoms with Gasteiger partial charge in [-0.05, 0) is 56.4 Å². The number of aliphatic hydroxyl groups excluding tert-OH is 1. The third kappa shape index (κ3) is 2.88. The predicted octanol–water partition coefficient (Wildman–Crippen LogP) is 3.97. The van der Waals surface area contributed by atoms with Crippen molar-refractivity contribution >= 4 is 11.3 Å². The Bertz CT molecular complexity index is 560. The van der Waals surface area contributed by atoms with E-state index in [1.807, 2.05) is 0 Å². The molecule has 0 radical (unpaired) electrons. The van der Waals surface area contributed by atoms with E-state index in [0.29, 0.717) is 0 Å². The zero-order chi connectivity index (χ0) is 14.0. The van der Waals surface area contributed by atoms with E-state index < -0.39 is 0 Å². The lowest BCUT2D eigenvalue weighted by Crippen LogP contribution is -1.96. The third-order valence-electron chi connectivity index (χ3n) is 3.72. The van der Waals surface area contributed by atoms with Gasteiger partial charge in [-0.2, -0.15) is 0 Å². The highest BCUT2D eigenvalue weighted by Crippen LogP contribution is 2.32. The Morgan fingerprint density at radius 3 is 2.32 bits per heavy atom. The molecule has 1 N–H and O–H groups in total. The van der Waals surface area contributed by atoms with Gasteiger partial charge >= 0.3 is 0 Å². The summed E-state index contributed by atoms with van der Waals surface area (Å²) in [4.78, 5) is 4.73. The molecule has 19 heavy (non-hydrogen) atoms. The number of rotatable bonds is 4. The van der Waals surface area contributed by atoms with Gasteiger partial charge in [0.05, 0.1) is 10.7 Å². The van der Waals surface area contributed by atoms with E-state index >= 15 is 0 Å². The van der Waals surface area contributed by atoms with Crippen LogP contribution in [0.3, 0.4) is 0 Å². The summed E-state index contributed by atoms with van der Waals surface area (Å²) >= 11 is 1.69. The highest BCUT2D eigenvalue weighted by atomic mass is 32.1. The summed E-state index contributed by atoms with van der Waals surface area (Å²) in [5.74, 6) is 0. The van der Waals surface area contributed by atoms with Crippen LogP contribution >= 0.6 is 11.3 Å². The lowest BCUT2D eigenvalue weighted by Gasteiger charge is -2.13. The number of aryl methyl sites for hydroxylation is 3. The standard InChI is InChI=1S/C16H21NOS/c1-10-8-11(2)13(4)16(12(10)3)14-9-19-15(17-14)6-5-7-18/h8-9,18H,5-7H2,1-4H3. The molecule has 0 spiro atoms. The minimum atomic E-state index is 0.233. The molecule has 2 nitrogen and oxygen atoms in total. The van der Waals surface area contributed by atoms with Gasteiger partial charge < -0.3 is 5.11 Å². The van der Waals surface area contributed by atoms with Crippen LogP contribution in [0.4, 0.5) is 0 Å². The van der Waals surface area contributed by atoms with Gasteiger partial charge in [-0.3, -0.25) is 0 Å². The number of aliphatic hydroxyl groups is 1. The summed E-state index contributed by atoms with van der Waals surface area (Å²) in [5, 5.41) is 12.1. The van der Waals surface area contributed by atoms with E-state index in [-0.39, 0.29) is 6.61 Å². The summed E-state index contributed by atoms with van der Waals surface area (Å²) in [6.45, 7) is 8.89. The monoisotopic (exact) mass is 275 g/mol. The lowest BCUT2D eigenvalue weighted by molar-refractivity contribution is 0.288. The second-order valence-electron chi connectivity index (χ2n) is 5.09. The zero-order valence-corrected chi connectivity index (χ0v) is 12.9. The predicted molar refractivity (Wildman–Crippen MR) is 81.9 cm³/mol. The number of hydrogen-bond donors (Lipinski definition) is 1. The molecule has 0 unspecified atom stereocenters. The Morgan fingerprint density at radius 1 is 1.11 bits per heavy atom. The van der Waals surface area contributed by atoms with Gasteiger partial charge in [0.25, 0.3) is 0 Å². The molecule has 102 valence electrons. The summed E-state index contributed by atoms with van der Waals surface area (Å²) in [6, 6.07) is 2.24. The minimum Gasteiger partial charge on any atom is -0.396 e. The maximum atomic E-state index is 8.89. The number of hydrogen-bond acceptors (Lipinski definition) is 3. The molecule has 1 heterocycles. The number of benzene rings is 1. The second kappa shape index (κ2) is 5.85. The number of aromatic nitrogens is 1. The Hall–Kier alpha value is -1.19. The van der Waals surface area contributed by atoms with Gasteiger partial charge in [0, 0.05) is 24.0 Å². The average molecular weight is 275 g/mol. The van der Waals surface area contributed by atoms with Crippen molar-refractivity contribution in [1.29, 1.82) is 0 Å². The minimum absolute atomic E-state index is 0.233. The van der Waals surface area contributed by atoms with Gasteiger partial charge in [0.2, 0.25) is 0 Å². The molecule has 0 aliphatic heterocycles. The molecule has 2 aromatic rings. The normalized spacial score (nSPS) is 11.0. The fourth-order valence-electron chi connectivity index (χ4n) is 2.37. The van der Waals surface area contributed by atoms with Crippen molar-refractivity contribution in [2.75, 3.05) is 6.61 Å². The van der Waals surface area contributed by atoms with Gasteiger partial charge in [0.1, 0.15) is 0 Å². The van der Waals surface area contributed by atoms with Gasteiger partial charge in [-0.25, -0.2) is 4.98 Å². The Kier molecular flexibility index (Phi) is 4.38. The molecule has 0 aliphatic carbocycles. The maximum Gasteiger partial charge on any atom is 0.0933 e. The highest BCUT2D eigenvalue weighted by molar-refractivity contribution is 7.09.